The number of hydrogen-bond acceptors (Lipinski definition) is 7. The summed E-state index contributed by atoms with van der Waals surface area (Å²) in [6.07, 6.45) is 0.793. The van der Waals surface area contributed by atoms with Crippen molar-refractivity contribution in [1.82, 2.24) is 20.9 Å². The zero-order valence-electron chi connectivity index (χ0n) is 19.9. The van der Waals surface area contributed by atoms with Gasteiger partial charge in [0.2, 0.25) is 17.7 Å². The van der Waals surface area contributed by atoms with E-state index < -0.39 is 66.9 Å². The Balaban J connectivity index is 2.24. The van der Waals surface area contributed by atoms with Gasteiger partial charge in [0.25, 0.3) is 0 Å². The third-order valence-corrected chi connectivity index (χ3v) is 5.56. The third kappa shape index (κ3) is 7.52. The van der Waals surface area contributed by atoms with Crippen LogP contribution in [0.2, 0.25) is 0 Å². The summed E-state index contributed by atoms with van der Waals surface area (Å²) in [4.78, 5) is 63.4. The van der Waals surface area contributed by atoms with Crippen LogP contribution < -0.4 is 21.7 Å². The number of carbonyl (C=O) groups is 5. The fourth-order valence-electron chi connectivity index (χ4n) is 3.41. The number of hydrogen-bond donors (Lipinski definition) is 8. The minimum Gasteiger partial charge on any atom is -0.481 e. The van der Waals surface area contributed by atoms with Crippen molar-refractivity contribution in [3.05, 3.63) is 36.0 Å². The van der Waals surface area contributed by atoms with Gasteiger partial charge in [-0.3, -0.25) is 19.2 Å². The van der Waals surface area contributed by atoms with Gasteiger partial charge < -0.3 is 42.0 Å². The average molecular weight is 506 g/mol. The lowest BCUT2D eigenvalue weighted by Gasteiger charge is -2.25. The smallest absolute Gasteiger partial charge is 0.326 e. The Morgan fingerprint density at radius 2 is 1.50 bits per heavy atom. The van der Waals surface area contributed by atoms with Gasteiger partial charge in [0, 0.05) is 23.5 Å². The SMILES string of the molecule is CC(C)C(N)C(=O)NC(Cc1c[nH]c2ccccc12)C(=O)NC(CO)C(=O)NC(CC(=O)O)C(=O)O. The number of aliphatic hydroxyl groups is 1. The maximum Gasteiger partial charge on any atom is 0.326 e. The standard InChI is InChI=1S/C23H31N5O8/c1-11(2)19(24)22(34)26-15(7-12-9-25-14-6-4-3-5-13(12)14)20(32)28-17(10-29)21(33)27-16(23(35)36)8-18(30)31/h3-6,9,11,15-17,19,25,29H,7-8,10,24H2,1-2H3,(H,26,34)(H,27,33)(H,28,32)(H,30,31)(H,35,36). The van der Waals surface area contributed by atoms with Gasteiger partial charge in [-0.15, -0.1) is 0 Å². The molecule has 4 unspecified atom stereocenters. The first-order valence-electron chi connectivity index (χ1n) is 11.2. The summed E-state index contributed by atoms with van der Waals surface area (Å²) in [5.74, 6) is -5.81. The van der Waals surface area contributed by atoms with Crippen LogP contribution in [-0.2, 0) is 30.4 Å². The van der Waals surface area contributed by atoms with E-state index in [0.29, 0.717) is 5.56 Å². The van der Waals surface area contributed by atoms with Gasteiger partial charge in [-0.25, -0.2) is 4.79 Å². The number of H-pyrrole nitrogens is 1. The lowest BCUT2D eigenvalue weighted by atomic mass is 10.0. The summed E-state index contributed by atoms with van der Waals surface area (Å²) in [5.41, 5.74) is 7.42. The van der Waals surface area contributed by atoms with Gasteiger partial charge in [0.1, 0.15) is 18.1 Å². The lowest BCUT2D eigenvalue weighted by Crippen LogP contribution is -2.59. The first kappa shape index (κ1) is 28.3. The summed E-state index contributed by atoms with van der Waals surface area (Å²) in [6.45, 7) is 2.57. The molecule has 0 saturated carbocycles. The van der Waals surface area contributed by atoms with E-state index in [1.165, 1.54) is 0 Å². The first-order chi connectivity index (χ1) is 16.9. The van der Waals surface area contributed by atoms with Crippen LogP contribution in [0.5, 0.6) is 0 Å². The molecule has 0 saturated heterocycles. The highest BCUT2D eigenvalue weighted by atomic mass is 16.4. The molecule has 0 bridgehead atoms. The monoisotopic (exact) mass is 505 g/mol. The van der Waals surface area contributed by atoms with E-state index in [4.69, 9.17) is 15.9 Å². The number of fused-ring (bicyclic) bond motifs is 1. The van der Waals surface area contributed by atoms with E-state index in [9.17, 15) is 29.1 Å². The average Bonchev–Trinajstić information content (AvgIpc) is 3.23. The van der Waals surface area contributed by atoms with Crippen molar-refractivity contribution in [1.29, 1.82) is 0 Å². The molecule has 196 valence electrons. The van der Waals surface area contributed by atoms with Crippen molar-refractivity contribution in [2.45, 2.75) is 50.9 Å². The van der Waals surface area contributed by atoms with Crippen molar-refractivity contribution in [3.8, 4) is 0 Å². The zero-order valence-corrected chi connectivity index (χ0v) is 19.9. The number of carboxylic acids is 2. The predicted octanol–water partition coefficient (Wildman–Crippen LogP) is -1.30. The molecule has 2 aromatic rings. The van der Waals surface area contributed by atoms with Crippen LogP contribution in [0.15, 0.2) is 30.5 Å². The number of nitrogens with two attached hydrogens (primary N) is 1. The van der Waals surface area contributed by atoms with Crippen LogP contribution in [0.3, 0.4) is 0 Å². The fraction of sp³-hybridized carbons (Fsp3) is 0.435. The molecule has 36 heavy (non-hydrogen) atoms. The number of nitrogens with one attached hydrogen (secondary N) is 4. The van der Waals surface area contributed by atoms with Gasteiger partial charge in [-0.2, -0.15) is 0 Å². The minimum atomic E-state index is -1.77. The topological polar surface area (TPSA) is 224 Å². The summed E-state index contributed by atoms with van der Waals surface area (Å²) < 4.78 is 0. The molecule has 0 aliphatic rings. The highest BCUT2D eigenvalue weighted by Crippen LogP contribution is 2.19. The van der Waals surface area contributed by atoms with E-state index in [0.717, 1.165) is 10.9 Å². The highest BCUT2D eigenvalue weighted by molar-refractivity contribution is 5.95. The largest absolute Gasteiger partial charge is 0.481 e. The quantitative estimate of drug-likeness (QED) is 0.162. The van der Waals surface area contributed by atoms with Crippen LogP contribution in [0.25, 0.3) is 10.9 Å². The number of aliphatic carboxylic acids is 2. The first-order valence-corrected chi connectivity index (χ1v) is 11.2. The molecule has 0 spiro atoms. The van der Waals surface area contributed by atoms with Gasteiger partial charge in [-0.05, 0) is 17.5 Å². The molecule has 3 amide bonds. The number of carbonyl (C=O) groups excluding carboxylic acids is 3. The Hall–Kier alpha value is -3.97. The summed E-state index contributed by atoms with van der Waals surface area (Å²) >= 11 is 0. The van der Waals surface area contributed by atoms with Gasteiger partial charge in [0.15, 0.2) is 0 Å². The number of carboxylic acid groups (broad SMARTS) is 2. The molecule has 0 radical (unpaired) electrons. The molecule has 0 aliphatic carbocycles. The molecule has 1 aromatic heterocycles. The second-order valence-corrected chi connectivity index (χ2v) is 8.64. The zero-order chi connectivity index (χ0) is 27.0. The van der Waals surface area contributed by atoms with Crippen LogP contribution in [0, 0.1) is 5.92 Å². The normalized spacial score (nSPS) is 14.5. The molecule has 9 N–H and O–H groups in total. The van der Waals surface area contributed by atoms with E-state index in [2.05, 4.69) is 15.6 Å². The Bertz CT molecular complexity index is 1110. The Labute approximate surface area is 206 Å². The Morgan fingerprint density at radius 3 is 2.08 bits per heavy atom. The number of aliphatic hydroxyl groups excluding tert-OH is 1. The molecule has 1 aromatic carbocycles. The molecule has 13 nitrogen and oxygen atoms in total. The number of benzene rings is 1. The second kappa shape index (κ2) is 12.7. The van der Waals surface area contributed by atoms with Crippen LogP contribution >= 0.6 is 0 Å². The van der Waals surface area contributed by atoms with Gasteiger partial charge in [0.05, 0.1) is 19.1 Å². The maximum atomic E-state index is 13.1. The molecule has 13 heteroatoms. The number of aromatic nitrogens is 1. The van der Waals surface area contributed by atoms with Crippen LogP contribution in [-0.4, -0.2) is 80.7 Å². The Kier molecular flexibility index (Phi) is 9.93. The van der Waals surface area contributed by atoms with E-state index >= 15 is 0 Å². The van der Waals surface area contributed by atoms with Gasteiger partial charge in [-0.1, -0.05) is 32.0 Å². The highest BCUT2D eigenvalue weighted by Gasteiger charge is 2.31. The number of aromatic amines is 1. The minimum absolute atomic E-state index is 0.0168. The molecule has 2 rings (SSSR count). The van der Waals surface area contributed by atoms with E-state index in [1.807, 2.05) is 29.6 Å². The lowest BCUT2D eigenvalue weighted by molar-refractivity contribution is -0.147. The van der Waals surface area contributed by atoms with Crippen LogP contribution in [0.1, 0.15) is 25.8 Å². The van der Waals surface area contributed by atoms with Crippen molar-refractivity contribution in [3.63, 3.8) is 0 Å². The number of amides is 3. The maximum absolute atomic E-state index is 13.1. The molecule has 0 aliphatic heterocycles. The Morgan fingerprint density at radius 1 is 0.917 bits per heavy atom. The van der Waals surface area contributed by atoms with E-state index in [-0.39, 0.29) is 12.3 Å². The summed E-state index contributed by atoms with van der Waals surface area (Å²) in [7, 11) is 0. The third-order valence-electron chi connectivity index (χ3n) is 5.56. The number of rotatable bonds is 13. The molecular weight excluding hydrogens is 474 g/mol. The van der Waals surface area contributed by atoms with Crippen molar-refractivity contribution >= 4 is 40.6 Å². The summed E-state index contributed by atoms with van der Waals surface area (Å²) in [6, 6.07) is 1.82. The molecular formula is C23H31N5O8. The molecule has 0 fully saturated rings. The van der Waals surface area contributed by atoms with Crippen molar-refractivity contribution < 1.29 is 39.3 Å². The van der Waals surface area contributed by atoms with Gasteiger partial charge >= 0.3 is 11.9 Å². The molecule has 1 heterocycles. The van der Waals surface area contributed by atoms with Crippen LogP contribution in [0.4, 0.5) is 0 Å². The molecule has 4 atom stereocenters. The fourth-order valence-corrected chi connectivity index (χ4v) is 3.41. The van der Waals surface area contributed by atoms with E-state index in [1.54, 1.807) is 20.0 Å². The number of para-hydroxylation sites is 1. The predicted molar refractivity (Wildman–Crippen MR) is 128 cm³/mol. The van der Waals surface area contributed by atoms with Crippen molar-refractivity contribution in [2.75, 3.05) is 6.61 Å². The van der Waals surface area contributed by atoms with Crippen molar-refractivity contribution in [2.24, 2.45) is 11.7 Å². The summed E-state index contributed by atoms with van der Waals surface area (Å²) in [5, 5.41) is 35.3. The second-order valence-electron chi connectivity index (χ2n) is 8.64.